The Bertz CT molecular complexity index is 637. The Morgan fingerprint density at radius 2 is 2.18 bits per heavy atom. The maximum absolute atomic E-state index is 12.0. The highest BCUT2D eigenvalue weighted by molar-refractivity contribution is 6.31. The van der Waals surface area contributed by atoms with Crippen LogP contribution in [0.5, 0.6) is 0 Å². The summed E-state index contributed by atoms with van der Waals surface area (Å²) in [5.74, 6) is -0.344. The van der Waals surface area contributed by atoms with Crippen molar-refractivity contribution in [2.45, 2.75) is 0 Å². The summed E-state index contributed by atoms with van der Waals surface area (Å²) in [5, 5.41) is 0.451. The van der Waals surface area contributed by atoms with E-state index in [4.69, 9.17) is 17.3 Å². The van der Waals surface area contributed by atoms with Gasteiger partial charge in [0.05, 0.1) is 5.56 Å². The van der Waals surface area contributed by atoms with Gasteiger partial charge in [-0.2, -0.15) is 0 Å². The van der Waals surface area contributed by atoms with E-state index in [9.17, 15) is 9.59 Å². The Balaban J connectivity index is 2.47. The molecule has 5 nitrogen and oxygen atoms in total. The fourth-order valence-corrected chi connectivity index (χ4v) is 1.56. The van der Waals surface area contributed by atoms with Crippen molar-refractivity contribution in [1.29, 1.82) is 0 Å². The number of carbonyl (C=O) groups excluding carboxylic acids is 1. The van der Waals surface area contributed by atoms with Crippen LogP contribution in [-0.4, -0.2) is 15.8 Å². The number of hydrogen-bond acceptors (Lipinski definition) is 4. The molecule has 0 spiro atoms. The molecule has 0 saturated heterocycles. The summed E-state index contributed by atoms with van der Waals surface area (Å²) in [6.07, 6.45) is 1.15. The van der Waals surface area contributed by atoms with Crippen molar-refractivity contribution in [3.63, 3.8) is 0 Å². The van der Waals surface area contributed by atoms with E-state index in [1.54, 1.807) is 18.2 Å². The number of aromatic amines is 1. The molecule has 0 unspecified atom stereocenters. The van der Waals surface area contributed by atoms with Crippen LogP contribution in [0.1, 0.15) is 15.9 Å². The van der Waals surface area contributed by atoms with Gasteiger partial charge < -0.3 is 5.73 Å². The van der Waals surface area contributed by atoms with Gasteiger partial charge in [-0.1, -0.05) is 23.7 Å². The first kappa shape index (κ1) is 11.3. The van der Waals surface area contributed by atoms with Crippen molar-refractivity contribution in [2.75, 3.05) is 5.73 Å². The number of hydrogen-bond donors (Lipinski definition) is 2. The Morgan fingerprint density at radius 1 is 1.41 bits per heavy atom. The summed E-state index contributed by atoms with van der Waals surface area (Å²) in [7, 11) is 0. The second kappa shape index (κ2) is 4.39. The monoisotopic (exact) mass is 249 g/mol. The Labute approximate surface area is 101 Å². The number of ketones is 1. The van der Waals surface area contributed by atoms with Gasteiger partial charge in [0.25, 0.3) is 0 Å². The van der Waals surface area contributed by atoms with Gasteiger partial charge in [-0.25, -0.2) is 9.78 Å². The number of nitrogen functional groups attached to an aromatic ring is 1. The van der Waals surface area contributed by atoms with E-state index in [0.29, 0.717) is 10.6 Å². The van der Waals surface area contributed by atoms with Crippen molar-refractivity contribution < 1.29 is 4.79 Å². The third-order valence-electron chi connectivity index (χ3n) is 2.17. The number of benzene rings is 1. The topological polar surface area (TPSA) is 88.8 Å². The molecule has 3 N–H and O–H groups in total. The van der Waals surface area contributed by atoms with Gasteiger partial charge in [-0.15, -0.1) is 0 Å². The number of anilines is 1. The molecule has 1 heterocycles. The number of H-pyrrole nitrogens is 1. The summed E-state index contributed by atoms with van der Waals surface area (Å²) < 4.78 is 0. The molecule has 0 radical (unpaired) electrons. The molecule has 0 saturated carbocycles. The number of aromatic nitrogens is 2. The molecule has 1 aromatic carbocycles. The standard InChI is InChI=1S/C11H8ClN3O2/c12-7-3-1-2-6(4-7)9(16)8-5-14-11(17)15-10(8)13/h1-5H,(H3,13,14,15,17). The van der Waals surface area contributed by atoms with Crippen molar-refractivity contribution in [1.82, 2.24) is 9.97 Å². The van der Waals surface area contributed by atoms with Gasteiger partial charge >= 0.3 is 5.69 Å². The smallest absolute Gasteiger partial charge is 0.346 e. The van der Waals surface area contributed by atoms with Crippen LogP contribution >= 0.6 is 11.6 Å². The molecule has 0 amide bonds. The zero-order valence-electron chi connectivity index (χ0n) is 8.61. The first-order valence-corrected chi connectivity index (χ1v) is 5.11. The molecule has 17 heavy (non-hydrogen) atoms. The molecular formula is C11H8ClN3O2. The maximum atomic E-state index is 12.0. The van der Waals surface area contributed by atoms with E-state index in [0.717, 1.165) is 6.20 Å². The van der Waals surface area contributed by atoms with Crippen LogP contribution < -0.4 is 11.4 Å². The Morgan fingerprint density at radius 3 is 2.82 bits per heavy atom. The first-order chi connectivity index (χ1) is 8.08. The molecule has 86 valence electrons. The first-order valence-electron chi connectivity index (χ1n) is 4.73. The van der Waals surface area contributed by atoms with Gasteiger partial charge in [0.2, 0.25) is 0 Å². The van der Waals surface area contributed by atoms with E-state index in [2.05, 4.69) is 9.97 Å². The van der Waals surface area contributed by atoms with Gasteiger partial charge in [0.15, 0.2) is 5.78 Å². The number of nitrogens with one attached hydrogen (secondary N) is 1. The minimum Gasteiger partial charge on any atom is -0.384 e. The fourth-order valence-electron chi connectivity index (χ4n) is 1.37. The normalized spacial score (nSPS) is 10.2. The lowest BCUT2D eigenvalue weighted by atomic mass is 10.1. The summed E-state index contributed by atoms with van der Waals surface area (Å²) in [6.45, 7) is 0. The zero-order chi connectivity index (χ0) is 12.4. The largest absolute Gasteiger partial charge is 0.384 e. The third kappa shape index (κ3) is 2.34. The molecule has 6 heteroatoms. The Kier molecular flexibility index (Phi) is 2.93. The van der Waals surface area contributed by atoms with Gasteiger partial charge in [0, 0.05) is 16.8 Å². The van der Waals surface area contributed by atoms with Gasteiger partial charge in [0.1, 0.15) is 5.82 Å². The zero-order valence-corrected chi connectivity index (χ0v) is 9.36. The molecule has 0 aliphatic rings. The highest BCUT2D eigenvalue weighted by atomic mass is 35.5. The molecule has 0 aliphatic carbocycles. The van der Waals surface area contributed by atoms with E-state index in [1.807, 2.05) is 0 Å². The van der Waals surface area contributed by atoms with Crippen molar-refractivity contribution in [3.8, 4) is 0 Å². The highest BCUT2D eigenvalue weighted by Gasteiger charge is 2.13. The van der Waals surface area contributed by atoms with E-state index >= 15 is 0 Å². The summed E-state index contributed by atoms with van der Waals surface area (Å²) >= 11 is 5.78. The highest BCUT2D eigenvalue weighted by Crippen LogP contribution is 2.16. The molecule has 0 fully saturated rings. The van der Waals surface area contributed by atoms with Crippen LogP contribution in [0, 0.1) is 0 Å². The minimum atomic E-state index is -0.592. The molecule has 0 aliphatic heterocycles. The maximum Gasteiger partial charge on any atom is 0.346 e. The predicted octanol–water partition coefficient (Wildman–Crippen LogP) is 1.24. The average molecular weight is 250 g/mol. The lowest BCUT2D eigenvalue weighted by molar-refractivity contribution is 0.103. The quantitative estimate of drug-likeness (QED) is 0.784. The van der Waals surface area contributed by atoms with Crippen LogP contribution in [0.15, 0.2) is 35.3 Å². The number of nitrogens with zero attached hydrogens (tertiary/aromatic N) is 1. The minimum absolute atomic E-state index is 0.00465. The third-order valence-corrected chi connectivity index (χ3v) is 2.41. The van der Waals surface area contributed by atoms with Crippen LogP contribution in [0.4, 0.5) is 5.82 Å². The average Bonchev–Trinajstić information content (AvgIpc) is 2.28. The van der Waals surface area contributed by atoms with Crippen LogP contribution in [0.25, 0.3) is 0 Å². The van der Waals surface area contributed by atoms with E-state index in [-0.39, 0.29) is 17.2 Å². The number of rotatable bonds is 2. The number of nitrogens with two attached hydrogens (primary N) is 1. The molecular weight excluding hydrogens is 242 g/mol. The van der Waals surface area contributed by atoms with E-state index < -0.39 is 5.69 Å². The summed E-state index contributed by atoms with van der Waals surface area (Å²) in [5.41, 5.74) is 5.49. The molecule has 2 rings (SSSR count). The number of halogens is 1. The second-order valence-corrected chi connectivity index (χ2v) is 3.79. The van der Waals surface area contributed by atoms with Crippen molar-refractivity contribution in [2.24, 2.45) is 0 Å². The Hall–Kier alpha value is -2.14. The van der Waals surface area contributed by atoms with Gasteiger partial charge in [-0.05, 0) is 12.1 Å². The SMILES string of the molecule is Nc1[nH]c(=O)ncc1C(=O)c1cccc(Cl)c1. The molecule has 2 aromatic rings. The van der Waals surface area contributed by atoms with Crippen LogP contribution in [0.3, 0.4) is 0 Å². The lowest BCUT2D eigenvalue weighted by Crippen LogP contribution is -2.17. The van der Waals surface area contributed by atoms with Crippen molar-refractivity contribution >= 4 is 23.2 Å². The second-order valence-electron chi connectivity index (χ2n) is 3.36. The molecule has 1 aromatic heterocycles. The van der Waals surface area contributed by atoms with Crippen molar-refractivity contribution in [3.05, 3.63) is 57.1 Å². The number of carbonyl (C=O) groups is 1. The molecule has 0 atom stereocenters. The van der Waals surface area contributed by atoms with Crippen LogP contribution in [0.2, 0.25) is 5.02 Å². The predicted molar refractivity (Wildman–Crippen MR) is 64.2 cm³/mol. The summed E-state index contributed by atoms with van der Waals surface area (Å²) in [4.78, 5) is 28.6. The molecule has 0 bridgehead atoms. The van der Waals surface area contributed by atoms with Gasteiger partial charge in [-0.3, -0.25) is 9.78 Å². The van der Waals surface area contributed by atoms with Crippen LogP contribution in [-0.2, 0) is 0 Å². The summed E-state index contributed by atoms with van der Waals surface area (Å²) in [6, 6.07) is 6.45. The lowest BCUT2D eigenvalue weighted by Gasteiger charge is -2.03. The van der Waals surface area contributed by atoms with E-state index in [1.165, 1.54) is 6.07 Å². The fraction of sp³-hybridized carbons (Fsp3) is 0.